The molecule has 0 fully saturated rings. The van der Waals surface area contributed by atoms with Crippen LogP contribution in [-0.2, 0) is 13.6 Å². The Hall–Kier alpha value is -1.26. The summed E-state index contributed by atoms with van der Waals surface area (Å²) in [5, 5.41) is 4.18. The third kappa shape index (κ3) is 2.90. The highest BCUT2D eigenvalue weighted by Gasteiger charge is 2.05. The molecule has 0 saturated heterocycles. The minimum absolute atomic E-state index is 0.911. The number of aromatic nitrogens is 2. The summed E-state index contributed by atoms with van der Waals surface area (Å²) in [6.07, 6.45) is 3.79. The van der Waals surface area contributed by atoms with Crippen molar-refractivity contribution in [2.45, 2.75) is 23.5 Å². The first-order valence-electron chi connectivity index (χ1n) is 5.60. The summed E-state index contributed by atoms with van der Waals surface area (Å²) >= 11 is 1.71. The number of rotatable bonds is 4. The zero-order valence-corrected chi connectivity index (χ0v) is 11.2. The third-order valence-corrected chi connectivity index (χ3v) is 3.85. The first-order valence-corrected chi connectivity index (χ1v) is 6.41. The Labute approximate surface area is 106 Å². The Kier molecular flexibility index (Phi) is 3.86. The molecular formula is C13H17N3S. The molecule has 0 aliphatic rings. The van der Waals surface area contributed by atoms with Gasteiger partial charge in [0.05, 0.1) is 0 Å². The second-order valence-corrected chi connectivity index (χ2v) is 5.06. The molecule has 90 valence electrons. The number of benzene rings is 1. The van der Waals surface area contributed by atoms with E-state index in [9.17, 15) is 0 Å². The third-order valence-electron chi connectivity index (χ3n) is 2.60. The highest BCUT2D eigenvalue weighted by Crippen LogP contribution is 2.29. The fraction of sp³-hybridized carbons (Fsp3) is 0.308. The summed E-state index contributed by atoms with van der Waals surface area (Å²) in [5.41, 5.74) is 2.61. The number of aryl methyl sites for hydroxylation is 2. The molecule has 3 nitrogen and oxygen atoms in total. The maximum Gasteiger partial charge on any atom is 0.172 e. The van der Waals surface area contributed by atoms with Gasteiger partial charge in [-0.2, -0.15) is 0 Å². The molecule has 1 aromatic heterocycles. The second kappa shape index (κ2) is 5.38. The van der Waals surface area contributed by atoms with Crippen LogP contribution < -0.4 is 5.32 Å². The lowest BCUT2D eigenvalue weighted by Crippen LogP contribution is -2.05. The van der Waals surface area contributed by atoms with Gasteiger partial charge in [0.25, 0.3) is 0 Å². The lowest BCUT2D eigenvalue weighted by molar-refractivity contribution is 0.789. The fourth-order valence-corrected chi connectivity index (χ4v) is 2.56. The predicted molar refractivity (Wildman–Crippen MR) is 71.3 cm³/mol. The minimum atomic E-state index is 0.911. The van der Waals surface area contributed by atoms with Crippen LogP contribution >= 0.6 is 11.8 Å². The van der Waals surface area contributed by atoms with Crippen LogP contribution in [0.25, 0.3) is 0 Å². The van der Waals surface area contributed by atoms with Gasteiger partial charge in [-0.15, -0.1) is 0 Å². The van der Waals surface area contributed by atoms with Crippen LogP contribution in [0.1, 0.15) is 11.1 Å². The Morgan fingerprint density at radius 2 is 2.24 bits per heavy atom. The van der Waals surface area contributed by atoms with Gasteiger partial charge in [0.15, 0.2) is 5.16 Å². The normalized spacial score (nSPS) is 10.8. The van der Waals surface area contributed by atoms with Crippen molar-refractivity contribution in [2.24, 2.45) is 7.05 Å². The minimum Gasteiger partial charge on any atom is -0.329 e. The maximum absolute atomic E-state index is 4.32. The van der Waals surface area contributed by atoms with Crippen LogP contribution in [0.4, 0.5) is 0 Å². The molecule has 0 spiro atoms. The molecule has 2 rings (SSSR count). The molecule has 4 heteroatoms. The van der Waals surface area contributed by atoms with E-state index < -0.39 is 0 Å². The van der Waals surface area contributed by atoms with Gasteiger partial charge in [-0.3, -0.25) is 0 Å². The summed E-state index contributed by atoms with van der Waals surface area (Å²) in [5.74, 6) is 0. The Balaban J connectivity index is 2.19. The van der Waals surface area contributed by atoms with Crippen molar-refractivity contribution < 1.29 is 0 Å². The summed E-state index contributed by atoms with van der Waals surface area (Å²) in [6, 6.07) is 6.55. The summed E-state index contributed by atoms with van der Waals surface area (Å²) in [7, 11) is 3.98. The lowest BCUT2D eigenvalue weighted by Gasteiger charge is -2.08. The van der Waals surface area contributed by atoms with E-state index in [1.54, 1.807) is 11.8 Å². The highest BCUT2D eigenvalue weighted by molar-refractivity contribution is 7.99. The van der Waals surface area contributed by atoms with E-state index in [2.05, 4.69) is 35.4 Å². The van der Waals surface area contributed by atoms with Gasteiger partial charge in [0.2, 0.25) is 0 Å². The Morgan fingerprint density at radius 3 is 2.82 bits per heavy atom. The quantitative estimate of drug-likeness (QED) is 0.900. The molecule has 0 aliphatic carbocycles. The van der Waals surface area contributed by atoms with E-state index in [0.717, 1.165) is 11.7 Å². The molecule has 0 atom stereocenters. The zero-order chi connectivity index (χ0) is 12.3. The van der Waals surface area contributed by atoms with E-state index in [4.69, 9.17) is 0 Å². The molecule has 0 unspecified atom stereocenters. The van der Waals surface area contributed by atoms with Crippen molar-refractivity contribution in [3.8, 4) is 0 Å². The van der Waals surface area contributed by atoms with Crippen molar-refractivity contribution in [1.29, 1.82) is 0 Å². The van der Waals surface area contributed by atoms with Crippen LogP contribution in [0.3, 0.4) is 0 Å². The van der Waals surface area contributed by atoms with Gasteiger partial charge < -0.3 is 9.88 Å². The molecule has 0 saturated carbocycles. The van der Waals surface area contributed by atoms with Gasteiger partial charge in [0, 0.05) is 30.9 Å². The molecule has 1 heterocycles. The highest BCUT2D eigenvalue weighted by atomic mass is 32.2. The molecule has 0 bridgehead atoms. The average Bonchev–Trinajstić information content (AvgIpc) is 2.69. The molecule has 2 aromatic rings. The van der Waals surface area contributed by atoms with E-state index >= 15 is 0 Å². The monoisotopic (exact) mass is 247 g/mol. The van der Waals surface area contributed by atoms with Crippen LogP contribution in [0.5, 0.6) is 0 Å². The molecule has 0 aliphatic heterocycles. The average molecular weight is 247 g/mol. The number of hydrogen-bond acceptors (Lipinski definition) is 3. The topological polar surface area (TPSA) is 29.9 Å². The number of nitrogens with one attached hydrogen (secondary N) is 1. The fourth-order valence-electron chi connectivity index (χ4n) is 1.69. The molecule has 0 radical (unpaired) electrons. The van der Waals surface area contributed by atoms with Gasteiger partial charge in [0.1, 0.15) is 0 Å². The van der Waals surface area contributed by atoms with Gasteiger partial charge in [-0.25, -0.2) is 4.98 Å². The van der Waals surface area contributed by atoms with E-state index in [1.165, 1.54) is 16.0 Å². The lowest BCUT2D eigenvalue weighted by atomic mass is 10.1. The van der Waals surface area contributed by atoms with Crippen molar-refractivity contribution >= 4 is 11.8 Å². The van der Waals surface area contributed by atoms with E-state index in [-0.39, 0.29) is 0 Å². The second-order valence-electron chi connectivity index (χ2n) is 4.05. The number of imidazole rings is 1. The summed E-state index contributed by atoms with van der Waals surface area (Å²) in [4.78, 5) is 5.59. The van der Waals surface area contributed by atoms with Crippen LogP contribution in [0, 0.1) is 6.92 Å². The standard InChI is InChI=1S/C13H17N3S/c1-10-8-11(9-14-2)4-5-12(10)17-13-15-6-7-16(13)3/h4-8,14H,9H2,1-3H3. The van der Waals surface area contributed by atoms with Crippen molar-refractivity contribution in [3.05, 3.63) is 41.7 Å². The summed E-state index contributed by atoms with van der Waals surface area (Å²) < 4.78 is 2.03. The van der Waals surface area contributed by atoms with Crippen LogP contribution in [0.15, 0.2) is 40.6 Å². The molecule has 0 amide bonds. The molecular weight excluding hydrogens is 230 g/mol. The molecule has 17 heavy (non-hydrogen) atoms. The molecule has 1 aromatic carbocycles. The largest absolute Gasteiger partial charge is 0.329 e. The Morgan fingerprint density at radius 1 is 1.41 bits per heavy atom. The first-order chi connectivity index (χ1) is 8.20. The maximum atomic E-state index is 4.32. The Bertz CT molecular complexity index is 505. The van der Waals surface area contributed by atoms with E-state index in [1.807, 2.05) is 31.1 Å². The van der Waals surface area contributed by atoms with Crippen molar-refractivity contribution in [2.75, 3.05) is 7.05 Å². The van der Waals surface area contributed by atoms with Crippen molar-refractivity contribution in [3.63, 3.8) is 0 Å². The zero-order valence-electron chi connectivity index (χ0n) is 10.4. The van der Waals surface area contributed by atoms with Crippen molar-refractivity contribution in [1.82, 2.24) is 14.9 Å². The summed E-state index contributed by atoms with van der Waals surface area (Å²) in [6.45, 7) is 3.05. The number of nitrogens with zero attached hydrogens (tertiary/aromatic N) is 2. The van der Waals surface area contributed by atoms with Crippen LogP contribution in [-0.4, -0.2) is 16.6 Å². The first kappa shape index (κ1) is 12.2. The van der Waals surface area contributed by atoms with Gasteiger partial charge in [-0.1, -0.05) is 23.9 Å². The van der Waals surface area contributed by atoms with Gasteiger partial charge >= 0.3 is 0 Å². The molecule has 1 N–H and O–H groups in total. The van der Waals surface area contributed by atoms with E-state index in [0.29, 0.717) is 0 Å². The SMILES string of the molecule is CNCc1ccc(Sc2nccn2C)c(C)c1. The number of hydrogen-bond donors (Lipinski definition) is 1. The van der Waals surface area contributed by atoms with Crippen LogP contribution in [0.2, 0.25) is 0 Å². The van der Waals surface area contributed by atoms with Gasteiger partial charge in [-0.05, 0) is 31.2 Å². The predicted octanol–water partition coefficient (Wildman–Crippen LogP) is 2.60. The smallest absolute Gasteiger partial charge is 0.172 e.